The van der Waals surface area contributed by atoms with Crippen LogP contribution in [0, 0.1) is 6.92 Å². The van der Waals surface area contributed by atoms with Crippen molar-refractivity contribution < 1.29 is 13.2 Å². The molecule has 1 aromatic heterocycles. The summed E-state index contributed by atoms with van der Waals surface area (Å²) in [5.41, 5.74) is 0. The zero-order chi connectivity index (χ0) is 13.2. The number of carbonyl (C=O) groups excluding carboxylic acids is 1. The summed E-state index contributed by atoms with van der Waals surface area (Å²) in [5.74, 6) is 0.308. The second-order valence-corrected chi connectivity index (χ2v) is 8.68. The lowest BCUT2D eigenvalue weighted by Crippen LogP contribution is -2.36. The summed E-state index contributed by atoms with van der Waals surface area (Å²) in [7, 11) is -2.95. The monoisotopic (exact) mass is 307 g/mol. The van der Waals surface area contributed by atoms with Gasteiger partial charge in [0.1, 0.15) is 5.01 Å². The van der Waals surface area contributed by atoms with E-state index in [1.807, 2.05) is 6.92 Å². The molecule has 18 heavy (non-hydrogen) atoms. The molecule has 0 saturated carbocycles. The molecule has 1 saturated heterocycles. The first-order valence-electron chi connectivity index (χ1n) is 5.37. The average molecular weight is 307 g/mol. The number of aromatic nitrogens is 2. The van der Waals surface area contributed by atoms with Gasteiger partial charge in [-0.05, 0) is 13.3 Å². The Balaban J connectivity index is 1.76. The number of thioether (sulfide) groups is 1. The van der Waals surface area contributed by atoms with Gasteiger partial charge in [-0.3, -0.25) is 4.79 Å². The SMILES string of the molecule is Cc1nnc(SCC(=O)N[C@H]2CCS(=O)(=O)C2)s1. The van der Waals surface area contributed by atoms with E-state index in [1.54, 1.807) is 0 Å². The van der Waals surface area contributed by atoms with Gasteiger partial charge in [0, 0.05) is 6.04 Å². The number of nitrogens with one attached hydrogen (secondary N) is 1. The van der Waals surface area contributed by atoms with Crippen LogP contribution in [0.1, 0.15) is 11.4 Å². The van der Waals surface area contributed by atoms with Crippen molar-refractivity contribution in [3.05, 3.63) is 5.01 Å². The molecule has 9 heteroatoms. The highest BCUT2D eigenvalue weighted by atomic mass is 32.2. The van der Waals surface area contributed by atoms with Crippen LogP contribution in [0.15, 0.2) is 4.34 Å². The minimum atomic E-state index is -2.95. The minimum absolute atomic E-state index is 0.0569. The van der Waals surface area contributed by atoms with Crippen molar-refractivity contribution in [1.29, 1.82) is 0 Å². The number of aryl methyl sites for hydroxylation is 1. The quantitative estimate of drug-likeness (QED) is 0.802. The Labute approximate surface area is 113 Å². The van der Waals surface area contributed by atoms with Gasteiger partial charge < -0.3 is 5.32 Å². The molecule has 1 aromatic rings. The number of amides is 1. The Morgan fingerprint density at radius 3 is 2.89 bits per heavy atom. The van der Waals surface area contributed by atoms with Gasteiger partial charge in [-0.25, -0.2) is 8.42 Å². The first-order valence-corrected chi connectivity index (χ1v) is 9.00. The minimum Gasteiger partial charge on any atom is -0.352 e. The number of sulfone groups is 1. The molecule has 0 bridgehead atoms. The maximum Gasteiger partial charge on any atom is 0.230 e. The molecule has 1 N–H and O–H groups in total. The van der Waals surface area contributed by atoms with Crippen LogP contribution < -0.4 is 5.32 Å². The average Bonchev–Trinajstić information content (AvgIpc) is 2.82. The highest BCUT2D eigenvalue weighted by Crippen LogP contribution is 2.21. The van der Waals surface area contributed by atoms with E-state index < -0.39 is 9.84 Å². The topological polar surface area (TPSA) is 89.0 Å². The van der Waals surface area contributed by atoms with Crippen molar-refractivity contribution in [1.82, 2.24) is 15.5 Å². The van der Waals surface area contributed by atoms with E-state index in [1.165, 1.54) is 23.1 Å². The van der Waals surface area contributed by atoms with Crippen molar-refractivity contribution in [3.8, 4) is 0 Å². The molecule has 1 aliphatic rings. The molecule has 1 aliphatic heterocycles. The maximum atomic E-state index is 11.6. The van der Waals surface area contributed by atoms with Gasteiger partial charge in [0.25, 0.3) is 0 Å². The summed E-state index contributed by atoms with van der Waals surface area (Å²) < 4.78 is 23.2. The Bertz CT molecular complexity index is 540. The van der Waals surface area contributed by atoms with E-state index in [-0.39, 0.29) is 29.2 Å². The Kier molecular flexibility index (Phi) is 4.23. The molecule has 1 atom stereocenters. The third kappa shape index (κ3) is 3.92. The molecule has 2 heterocycles. The number of hydrogen-bond acceptors (Lipinski definition) is 7. The van der Waals surface area contributed by atoms with Gasteiger partial charge in [0.15, 0.2) is 14.2 Å². The fraction of sp³-hybridized carbons (Fsp3) is 0.667. The molecule has 2 rings (SSSR count). The van der Waals surface area contributed by atoms with Crippen molar-refractivity contribution in [2.24, 2.45) is 0 Å². The molecule has 1 fully saturated rings. The van der Waals surface area contributed by atoms with Crippen molar-refractivity contribution in [2.75, 3.05) is 17.3 Å². The third-order valence-electron chi connectivity index (χ3n) is 2.43. The van der Waals surface area contributed by atoms with Crippen LogP contribution in [0.5, 0.6) is 0 Å². The smallest absolute Gasteiger partial charge is 0.230 e. The lowest BCUT2D eigenvalue weighted by atomic mass is 10.3. The molecule has 0 unspecified atom stereocenters. The summed E-state index contributed by atoms with van der Waals surface area (Å²) >= 11 is 2.75. The zero-order valence-electron chi connectivity index (χ0n) is 9.75. The highest BCUT2D eigenvalue weighted by Gasteiger charge is 2.28. The zero-order valence-corrected chi connectivity index (χ0v) is 12.2. The molecular weight excluding hydrogens is 294 g/mol. The first kappa shape index (κ1) is 13.8. The molecule has 0 radical (unpaired) electrons. The van der Waals surface area contributed by atoms with E-state index in [0.717, 1.165) is 9.35 Å². The Morgan fingerprint density at radius 1 is 1.56 bits per heavy atom. The largest absolute Gasteiger partial charge is 0.352 e. The van der Waals surface area contributed by atoms with Gasteiger partial charge in [-0.1, -0.05) is 23.1 Å². The molecule has 0 spiro atoms. The highest BCUT2D eigenvalue weighted by molar-refractivity contribution is 8.01. The molecule has 1 amide bonds. The van der Waals surface area contributed by atoms with Gasteiger partial charge in [-0.2, -0.15) is 0 Å². The molecule has 0 aliphatic carbocycles. The molecule has 100 valence electrons. The fourth-order valence-corrected chi connectivity index (χ4v) is 4.94. The summed E-state index contributed by atoms with van der Waals surface area (Å²) in [4.78, 5) is 11.6. The molecular formula is C9H13N3O3S3. The van der Waals surface area contributed by atoms with E-state index in [9.17, 15) is 13.2 Å². The van der Waals surface area contributed by atoms with Gasteiger partial charge in [-0.15, -0.1) is 10.2 Å². The Morgan fingerprint density at radius 2 is 2.33 bits per heavy atom. The second-order valence-electron chi connectivity index (χ2n) is 4.04. The van der Waals surface area contributed by atoms with Crippen LogP contribution in [0.4, 0.5) is 0 Å². The predicted octanol–water partition coefficient (Wildman–Crippen LogP) is 0.242. The summed E-state index contributed by atoms with van der Waals surface area (Å²) in [6, 6.07) is -0.237. The lowest BCUT2D eigenvalue weighted by Gasteiger charge is -2.09. The fourth-order valence-electron chi connectivity index (χ4n) is 1.64. The third-order valence-corrected chi connectivity index (χ3v) is 6.17. The van der Waals surface area contributed by atoms with Crippen LogP contribution in [-0.4, -0.2) is 47.8 Å². The van der Waals surface area contributed by atoms with Crippen molar-refractivity contribution in [3.63, 3.8) is 0 Å². The first-order chi connectivity index (χ1) is 8.44. The number of rotatable bonds is 4. The lowest BCUT2D eigenvalue weighted by molar-refractivity contribution is -0.119. The van der Waals surface area contributed by atoms with Crippen molar-refractivity contribution in [2.45, 2.75) is 23.7 Å². The van der Waals surface area contributed by atoms with Crippen molar-refractivity contribution >= 4 is 38.8 Å². The van der Waals surface area contributed by atoms with Crippen LogP contribution >= 0.6 is 23.1 Å². The Hall–Kier alpha value is -0.670. The van der Waals surface area contributed by atoms with Gasteiger partial charge in [0.05, 0.1) is 17.3 Å². The van der Waals surface area contributed by atoms with Gasteiger partial charge >= 0.3 is 0 Å². The van der Waals surface area contributed by atoms with E-state index in [2.05, 4.69) is 15.5 Å². The second kappa shape index (κ2) is 5.54. The summed E-state index contributed by atoms with van der Waals surface area (Å²) in [6.07, 6.45) is 0.511. The van der Waals surface area contributed by atoms with Crippen LogP contribution in [0.2, 0.25) is 0 Å². The molecule has 6 nitrogen and oxygen atoms in total. The summed E-state index contributed by atoms with van der Waals surface area (Å²) in [6.45, 7) is 1.85. The van der Waals surface area contributed by atoms with Gasteiger partial charge in [0.2, 0.25) is 5.91 Å². The van der Waals surface area contributed by atoms with E-state index in [4.69, 9.17) is 0 Å². The number of hydrogen-bond donors (Lipinski definition) is 1. The normalized spacial score (nSPS) is 21.9. The van der Waals surface area contributed by atoms with Crippen LogP contribution in [-0.2, 0) is 14.6 Å². The maximum absolute atomic E-state index is 11.6. The van der Waals surface area contributed by atoms with Crippen LogP contribution in [0.3, 0.4) is 0 Å². The number of carbonyl (C=O) groups is 1. The molecule has 0 aromatic carbocycles. The predicted molar refractivity (Wildman–Crippen MR) is 70.6 cm³/mol. The van der Waals surface area contributed by atoms with E-state index >= 15 is 0 Å². The summed E-state index contributed by atoms with van der Waals surface area (Å²) in [5, 5.41) is 11.3. The number of nitrogens with zero attached hydrogens (tertiary/aromatic N) is 2. The van der Waals surface area contributed by atoms with E-state index in [0.29, 0.717) is 6.42 Å². The van der Waals surface area contributed by atoms with Crippen LogP contribution in [0.25, 0.3) is 0 Å². The standard InChI is InChI=1S/C9H13N3O3S3/c1-6-11-12-9(17-6)16-4-8(13)10-7-2-3-18(14,15)5-7/h7H,2-5H2,1H3,(H,10,13)/t7-/m0/s1.